The molecule has 0 aliphatic carbocycles. The van der Waals surface area contributed by atoms with Gasteiger partial charge in [0.05, 0.1) is 24.5 Å². The van der Waals surface area contributed by atoms with Crippen LogP contribution in [0.3, 0.4) is 0 Å². The Morgan fingerprint density at radius 3 is 3.06 bits per heavy atom. The number of rotatable bonds is 1. The molecule has 2 aromatic heterocycles. The zero-order valence-corrected chi connectivity index (χ0v) is 10.1. The van der Waals surface area contributed by atoms with Gasteiger partial charge in [0, 0.05) is 12.1 Å². The molecule has 3 heterocycles. The number of nitrogens with one attached hydrogen (secondary N) is 1. The third-order valence-corrected chi connectivity index (χ3v) is 2.96. The van der Waals surface area contributed by atoms with E-state index in [2.05, 4.69) is 15.0 Å². The van der Waals surface area contributed by atoms with Crippen LogP contribution in [0.1, 0.15) is 17.0 Å². The van der Waals surface area contributed by atoms with Crippen LogP contribution in [0.2, 0.25) is 0 Å². The number of aromatic nitrogens is 3. The molecule has 0 amide bonds. The number of hydrogen-bond acceptors (Lipinski definition) is 4. The average molecular weight is 243 g/mol. The van der Waals surface area contributed by atoms with Gasteiger partial charge in [0.25, 0.3) is 5.56 Å². The normalized spacial score (nSPS) is 14.3. The molecule has 1 N–H and O–H groups in total. The SMILES string of the molecule is Cc1cccc(-c2nc3c(c(=O)[nH]2)COCC3)n1. The quantitative estimate of drug-likeness (QED) is 0.817. The van der Waals surface area contributed by atoms with Crippen molar-refractivity contribution in [3.05, 3.63) is 45.5 Å². The number of hydrogen-bond donors (Lipinski definition) is 1. The molecule has 3 rings (SSSR count). The first kappa shape index (κ1) is 11.1. The Morgan fingerprint density at radius 1 is 1.33 bits per heavy atom. The Kier molecular flexibility index (Phi) is 2.68. The van der Waals surface area contributed by atoms with Crippen LogP contribution in [0.25, 0.3) is 11.5 Å². The van der Waals surface area contributed by atoms with Crippen LogP contribution >= 0.6 is 0 Å². The molecule has 2 aromatic rings. The van der Waals surface area contributed by atoms with E-state index < -0.39 is 0 Å². The van der Waals surface area contributed by atoms with Crippen molar-refractivity contribution < 1.29 is 4.74 Å². The molecule has 0 bridgehead atoms. The molecule has 0 radical (unpaired) electrons. The highest BCUT2D eigenvalue weighted by atomic mass is 16.5. The molecule has 0 aromatic carbocycles. The molecular formula is C13H13N3O2. The van der Waals surface area contributed by atoms with Gasteiger partial charge < -0.3 is 9.72 Å². The molecule has 0 unspecified atom stereocenters. The Morgan fingerprint density at radius 2 is 2.22 bits per heavy atom. The van der Waals surface area contributed by atoms with Crippen LogP contribution in [0.4, 0.5) is 0 Å². The van der Waals surface area contributed by atoms with Crippen molar-refractivity contribution >= 4 is 0 Å². The second-order valence-corrected chi connectivity index (χ2v) is 4.31. The van der Waals surface area contributed by atoms with Crippen molar-refractivity contribution in [1.29, 1.82) is 0 Å². The van der Waals surface area contributed by atoms with Crippen molar-refractivity contribution in [2.24, 2.45) is 0 Å². The molecule has 0 spiro atoms. The van der Waals surface area contributed by atoms with E-state index in [9.17, 15) is 4.79 Å². The Labute approximate surface area is 104 Å². The van der Waals surface area contributed by atoms with Gasteiger partial charge in [-0.2, -0.15) is 0 Å². The fourth-order valence-corrected chi connectivity index (χ4v) is 2.04. The molecule has 18 heavy (non-hydrogen) atoms. The van der Waals surface area contributed by atoms with Gasteiger partial charge in [-0.25, -0.2) is 9.97 Å². The summed E-state index contributed by atoms with van der Waals surface area (Å²) in [5.74, 6) is 0.532. The number of aryl methyl sites for hydroxylation is 1. The van der Waals surface area contributed by atoms with E-state index in [0.717, 1.165) is 11.4 Å². The van der Waals surface area contributed by atoms with Gasteiger partial charge in [0.15, 0.2) is 5.82 Å². The maximum atomic E-state index is 11.9. The van der Waals surface area contributed by atoms with Crippen LogP contribution in [0, 0.1) is 6.92 Å². The third-order valence-electron chi connectivity index (χ3n) is 2.96. The smallest absolute Gasteiger partial charge is 0.256 e. The molecule has 1 aliphatic rings. The summed E-state index contributed by atoms with van der Waals surface area (Å²) in [5.41, 5.74) is 2.93. The van der Waals surface area contributed by atoms with E-state index in [-0.39, 0.29) is 5.56 Å². The van der Waals surface area contributed by atoms with Crippen LogP contribution in [0.5, 0.6) is 0 Å². The van der Waals surface area contributed by atoms with Crippen molar-refractivity contribution in [3.8, 4) is 11.5 Å². The standard InChI is InChI=1S/C13H13N3O2/c1-8-3-2-4-11(14-8)12-15-10-5-6-18-7-9(10)13(17)16-12/h2-4H,5-7H2,1H3,(H,15,16,17). The molecule has 0 atom stereocenters. The molecule has 5 heteroatoms. The Bertz CT molecular complexity index is 649. The summed E-state index contributed by atoms with van der Waals surface area (Å²) in [4.78, 5) is 23.6. The fraction of sp³-hybridized carbons (Fsp3) is 0.308. The number of pyridine rings is 1. The summed E-state index contributed by atoms with van der Waals surface area (Å²) >= 11 is 0. The highest BCUT2D eigenvalue weighted by Gasteiger charge is 2.16. The monoisotopic (exact) mass is 243 g/mol. The summed E-state index contributed by atoms with van der Waals surface area (Å²) < 4.78 is 5.27. The van der Waals surface area contributed by atoms with Crippen LogP contribution in [-0.2, 0) is 17.8 Å². The third kappa shape index (κ3) is 1.93. The highest BCUT2D eigenvalue weighted by molar-refractivity contribution is 5.49. The van der Waals surface area contributed by atoms with E-state index in [1.807, 2.05) is 25.1 Å². The summed E-state index contributed by atoms with van der Waals surface area (Å²) in [6.45, 7) is 2.87. The number of H-pyrrole nitrogens is 1. The first-order valence-electron chi connectivity index (χ1n) is 5.88. The van der Waals surface area contributed by atoms with E-state index in [4.69, 9.17) is 4.74 Å². The maximum absolute atomic E-state index is 11.9. The van der Waals surface area contributed by atoms with E-state index in [0.29, 0.717) is 36.7 Å². The molecule has 92 valence electrons. The maximum Gasteiger partial charge on any atom is 0.256 e. The molecule has 0 saturated carbocycles. The second kappa shape index (κ2) is 4.34. The molecule has 0 saturated heterocycles. The Hall–Kier alpha value is -2.01. The van der Waals surface area contributed by atoms with Gasteiger partial charge in [-0.3, -0.25) is 4.79 Å². The molecule has 0 fully saturated rings. The molecule has 1 aliphatic heterocycles. The van der Waals surface area contributed by atoms with Crippen molar-refractivity contribution in [3.63, 3.8) is 0 Å². The highest BCUT2D eigenvalue weighted by Crippen LogP contribution is 2.15. The lowest BCUT2D eigenvalue weighted by Crippen LogP contribution is -2.24. The van der Waals surface area contributed by atoms with E-state index in [1.54, 1.807) is 0 Å². The topological polar surface area (TPSA) is 67.9 Å². The lowest BCUT2D eigenvalue weighted by Gasteiger charge is -2.15. The van der Waals surface area contributed by atoms with Gasteiger partial charge in [0.2, 0.25) is 0 Å². The first-order chi connectivity index (χ1) is 8.74. The van der Waals surface area contributed by atoms with Crippen LogP contribution < -0.4 is 5.56 Å². The summed E-state index contributed by atoms with van der Waals surface area (Å²) in [7, 11) is 0. The van der Waals surface area contributed by atoms with E-state index in [1.165, 1.54) is 0 Å². The minimum Gasteiger partial charge on any atom is -0.376 e. The average Bonchev–Trinajstić information content (AvgIpc) is 2.39. The minimum absolute atomic E-state index is 0.127. The van der Waals surface area contributed by atoms with Gasteiger partial charge in [-0.05, 0) is 19.1 Å². The van der Waals surface area contributed by atoms with Crippen LogP contribution in [-0.4, -0.2) is 21.6 Å². The van der Waals surface area contributed by atoms with Crippen molar-refractivity contribution in [2.75, 3.05) is 6.61 Å². The summed E-state index contributed by atoms with van der Waals surface area (Å²) in [6.07, 6.45) is 0.679. The summed E-state index contributed by atoms with van der Waals surface area (Å²) in [5, 5.41) is 0. The van der Waals surface area contributed by atoms with Gasteiger partial charge in [-0.15, -0.1) is 0 Å². The minimum atomic E-state index is -0.127. The largest absolute Gasteiger partial charge is 0.376 e. The predicted octanol–water partition coefficient (Wildman–Crippen LogP) is 1.21. The number of nitrogens with zero attached hydrogens (tertiary/aromatic N) is 2. The molecule has 5 nitrogen and oxygen atoms in total. The predicted molar refractivity (Wildman–Crippen MR) is 66.2 cm³/mol. The second-order valence-electron chi connectivity index (χ2n) is 4.31. The van der Waals surface area contributed by atoms with Crippen molar-refractivity contribution in [1.82, 2.24) is 15.0 Å². The van der Waals surface area contributed by atoms with Gasteiger partial charge >= 0.3 is 0 Å². The number of ether oxygens (including phenoxy) is 1. The lowest BCUT2D eigenvalue weighted by atomic mass is 10.1. The Balaban J connectivity index is 2.14. The molecular weight excluding hydrogens is 230 g/mol. The fourth-order valence-electron chi connectivity index (χ4n) is 2.04. The van der Waals surface area contributed by atoms with Gasteiger partial charge in [0.1, 0.15) is 5.69 Å². The van der Waals surface area contributed by atoms with E-state index >= 15 is 0 Å². The van der Waals surface area contributed by atoms with Crippen LogP contribution in [0.15, 0.2) is 23.0 Å². The number of fused-ring (bicyclic) bond motifs is 1. The summed E-state index contributed by atoms with van der Waals surface area (Å²) in [6, 6.07) is 5.66. The zero-order chi connectivity index (χ0) is 12.5. The number of aromatic amines is 1. The first-order valence-corrected chi connectivity index (χ1v) is 5.88. The van der Waals surface area contributed by atoms with Crippen molar-refractivity contribution in [2.45, 2.75) is 20.0 Å². The zero-order valence-electron chi connectivity index (χ0n) is 10.1. The van der Waals surface area contributed by atoms with Gasteiger partial charge in [-0.1, -0.05) is 6.07 Å². The lowest BCUT2D eigenvalue weighted by molar-refractivity contribution is 0.108.